The van der Waals surface area contributed by atoms with E-state index in [-0.39, 0.29) is 5.91 Å². The predicted molar refractivity (Wildman–Crippen MR) is 79.3 cm³/mol. The van der Waals surface area contributed by atoms with Crippen LogP contribution in [0.2, 0.25) is 0 Å². The molecule has 0 spiro atoms. The summed E-state index contributed by atoms with van der Waals surface area (Å²) in [5.74, 6) is 0.625. The second-order valence-electron chi connectivity index (χ2n) is 3.94. The molecule has 1 rings (SSSR count). The maximum Gasteiger partial charge on any atom is 0.316 e. The molecule has 0 unspecified atom stereocenters. The molecule has 1 aromatic rings. The highest BCUT2D eigenvalue weighted by Gasteiger charge is 2.12. The van der Waals surface area contributed by atoms with Crippen molar-refractivity contribution >= 4 is 35.1 Å². The number of benzene rings is 1. The van der Waals surface area contributed by atoms with Gasteiger partial charge in [0.1, 0.15) is 0 Å². The third kappa shape index (κ3) is 5.62. The van der Waals surface area contributed by atoms with Crippen LogP contribution in [0, 0.1) is 0 Å². The summed E-state index contributed by atoms with van der Waals surface area (Å²) < 4.78 is 0. The molecule has 0 aliphatic heterocycles. The molecule has 3 amide bonds. The highest BCUT2D eigenvalue weighted by molar-refractivity contribution is 7.98. The van der Waals surface area contributed by atoms with Crippen molar-refractivity contribution in [2.45, 2.75) is 12.5 Å². The first-order chi connectivity index (χ1) is 9.02. The van der Waals surface area contributed by atoms with E-state index in [9.17, 15) is 9.59 Å². The van der Waals surface area contributed by atoms with Gasteiger partial charge in [0.25, 0.3) is 0 Å². The molecule has 0 saturated heterocycles. The number of hydrogen-bond acceptors (Lipinski definition) is 4. The number of carbonyl (C=O) groups is 2. The minimum Gasteiger partial charge on any atom is -0.351 e. The molecule has 0 fully saturated rings. The smallest absolute Gasteiger partial charge is 0.316 e. The molecule has 1 atom stereocenters. The molecular formula is C12H18N4O2S. The van der Waals surface area contributed by atoms with E-state index < -0.39 is 12.1 Å². The Labute approximate surface area is 116 Å². The molecule has 0 aromatic heterocycles. The van der Waals surface area contributed by atoms with Gasteiger partial charge in [-0.15, -0.1) is 0 Å². The van der Waals surface area contributed by atoms with E-state index in [2.05, 4.69) is 10.6 Å². The van der Waals surface area contributed by atoms with E-state index >= 15 is 0 Å². The average molecular weight is 282 g/mol. The summed E-state index contributed by atoms with van der Waals surface area (Å²) in [6.45, 7) is 0. The fourth-order valence-corrected chi connectivity index (χ4v) is 1.88. The molecule has 6 N–H and O–H groups in total. The zero-order valence-corrected chi connectivity index (χ0v) is 11.5. The van der Waals surface area contributed by atoms with Gasteiger partial charge in [0, 0.05) is 11.4 Å². The number of urea groups is 1. The van der Waals surface area contributed by atoms with Gasteiger partial charge in [0.05, 0.1) is 6.04 Å². The first-order valence-corrected chi connectivity index (χ1v) is 7.14. The number of hydrogen-bond donors (Lipinski definition) is 4. The fourth-order valence-electron chi connectivity index (χ4n) is 1.39. The molecule has 7 heteroatoms. The lowest BCUT2D eigenvalue weighted by molar-refractivity contribution is -0.117. The van der Waals surface area contributed by atoms with Gasteiger partial charge in [-0.2, -0.15) is 11.8 Å². The zero-order chi connectivity index (χ0) is 14.3. The average Bonchev–Trinajstić information content (AvgIpc) is 2.37. The van der Waals surface area contributed by atoms with Gasteiger partial charge in [-0.05, 0) is 42.7 Å². The summed E-state index contributed by atoms with van der Waals surface area (Å²) in [5.41, 5.74) is 11.9. The van der Waals surface area contributed by atoms with Crippen LogP contribution >= 0.6 is 11.8 Å². The number of nitrogens with two attached hydrogens (primary N) is 2. The number of amides is 3. The Balaban J connectivity index is 2.52. The molecule has 19 heavy (non-hydrogen) atoms. The number of primary amides is 1. The van der Waals surface area contributed by atoms with Crippen molar-refractivity contribution in [3.05, 3.63) is 24.3 Å². The minimum atomic E-state index is -0.629. The number of anilines is 2. The van der Waals surface area contributed by atoms with Crippen LogP contribution in [0.4, 0.5) is 16.2 Å². The van der Waals surface area contributed by atoms with Crippen LogP contribution in [0.3, 0.4) is 0 Å². The minimum absolute atomic E-state index is 0.218. The Morgan fingerprint density at radius 1 is 1.21 bits per heavy atom. The van der Waals surface area contributed by atoms with E-state index in [1.807, 2.05) is 6.26 Å². The molecule has 0 bridgehead atoms. The second kappa shape index (κ2) is 7.65. The van der Waals surface area contributed by atoms with Crippen LogP contribution in [0.5, 0.6) is 0 Å². The zero-order valence-electron chi connectivity index (χ0n) is 10.7. The number of rotatable bonds is 6. The van der Waals surface area contributed by atoms with Crippen molar-refractivity contribution in [2.75, 3.05) is 22.6 Å². The monoisotopic (exact) mass is 282 g/mol. The lowest BCUT2D eigenvalue weighted by Crippen LogP contribution is -2.36. The maximum absolute atomic E-state index is 11.7. The first-order valence-electron chi connectivity index (χ1n) is 5.75. The molecule has 0 aliphatic rings. The van der Waals surface area contributed by atoms with E-state index in [0.717, 1.165) is 5.75 Å². The Morgan fingerprint density at radius 3 is 2.21 bits per heavy atom. The Bertz CT molecular complexity index is 436. The summed E-state index contributed by atoms with van der Waals surface area (Å²) in [6, 6.07) is 5.49. The number of carbonyl (C=O) groups excluding carboxylic acids is 2. The second-order valence-corrected chi connectivity index (χ2v) is 4.93. The lowest BCUT2D eigenvalue weighted by Gasteiger charge is -2.12. The van der Waals surface area contributed by atoms with Crippen LogP contribution in [0.25, 0.3) is 0 Å². The fraction of sp³-hybridized carbons (Fsp3) is 0.333. The van der Waals surface area contributed by atoms with Crippen LogP contribution in [0.1, 0.15) is 6.42 Å². The third-order valence-electron chi connectivity index (χ3n) is 2.39. The van der Waals surface area contributed by atoms with Crippen LogP contribution in [-0.4, -0.2) is 30.0 Å². The van der Waals surface area contributed by atoms with Crippen molar-refractivity contribution < 1.29 is 9.59 Å². The predicted octanol–water partition coefficient (Wildman–Crippen LogP) is 1.20. The van der Waals surface area contributed by atoms with Crippen LogP contribution in [-0.2, 0) is 4.79 Å². The van der Waals surface area contributed by atoms with Gasteiger partial charge < -0.3 is 22.1 Å². The largest absolute Gasteiger partial charge is 0.351 e. The van der Waals surface area contributed by atoms with Crippen molar-refractivity contribution in [1.29, 1.82) is 0 Å². The van der Waals surface area contributed by atoms with Crippen molar-refractivity contribution in [3.8, 4) is 0 Å². The molecule has 6 nitrogen and oxygen atoms in total. The third-order valence-corrected chi connectivity index (χ3v) is 3.03. The standard InChI is InChI=1S/C12H18N4O2S/c1-19-7-6-10(13)11(17)15-8-2-4-9(5-3-8)16-12(14)18/h2-5,10H,6-7,13H2,1H3,(H,15,17)(H3,14,16,18)/t10-/m1/s1. The van der Waals surface area contributed by atoms with Gasteiger partial charge >= 0.3 is 6.03 Å². The summed E-state index contributed by atoms with van der Waals surface area (Å²) in [5, 5.41) is 5.15. The SMILES string of the molecule is CSCC[C@@H](N)C(=O)Nc1ccc(NC(N)=O)cc1. The van der Waals surface area contributed by atoms with Crippen LogP contribution < -0.4 is 22.1 Å². The molecule has 104 valence electrons. The Hall–Kier alpha value is -1.73. The van der Waals surface area contributed by atoms with Gasteiger partial charge in [0.2, 0.25) is 5.91 Å². The van der Waals surface area contributed by atoms with E-state index in [4.69, 9.17) is 11.5 Å². The van der Waals surface area contributed by atoms with Crippen molar-refractivity contribution in [3.63, 3.8) is 0 Å². The lowest BCUT2D eigenvalue weighted by atomic mass is 10.2. The number of thioether (sulfide) groups is 1. The Morgan fingerprint density at radius 2 is 1.74 bits per heavy atom. The molecule has 0 heterocycles. The summed E-state index contributed by atoms with van der Waals surface area (Å²) in [6.07, 6.45) is 2.60. The van der Waals surface area contributed by atoms with E-state index in [1.54, 1.807) is 36.0 Å². The van der Waals surface area contributed by atoms with Crippen molar-refractivity contribution in [2.24, 2.45) is 11.5 Å². The number of nitrogens with one attached hydrogen (secondary N) is 2. The molecule has 0 radical (unpaired) electrons. The molecule has 0 aliphatic carbocycles. The summed E-state index contributed by atoms with van der Waals surface area (Å²) in [4.78, 5) is 22.4. The van der Waals surface area contributed by atoms with E-state index in [0.29, 0.717) is 17.8 Å². The summed E-state index contributed by atoms with van der Waals surface area (Å²) in [7, 11) is 0. The Kier molecular flexibility index (Phi) is 6.17. The van der Waals surface area contributed by atoms with Gasteiger partial charge in [-0.1, -0.05) is 0 Å². The highest BCUT2D eigenvalue weighted by Crippen LogP contribution is 2.13. The maximum atomic E-state index is 11.7. The van der Waals surface area contributed by atoms with Crippen LogP contribution in [0.15, 0.2) is 24.3 Å². The highest BCUT2D eigenvalue weighted by atomic mass is 32.2. The normalized spacial score (nSPS) is 11.7. The van der Waals surface area contributed by atoms with Gasteiger partial charge in [-0.25, -0.2) is 4.79 Å². The summed E-state index contributed by atoms with van der Waals surface area (Å²) >= 11 is 1.65. The quantitative estimate of drug-likeness (QED) is 0.628. The molecular weight excluding hydrogens is 264 g/mol. The first kappa shape index (κ1) is 15.3. The van der Waals surface area contributed by atoms with E-state index in [1.165, 1.54) is 0 Å². The van der Waals surface area contributed by atoms with Gasteiger partial charge in [0.15, 0.2) is 0 Å². The molecule has 1 aromatic carbocycles. The topological polar surface area (TPSA) is 110 Å². The molecule has 0 saturated carbocycles. The van der Waals surface area contributed by atoms with Gasteiger partial charge in [-0.3, -0.25) is 4.79 Å². The van der Waals surface area contributed by atoms with Crippen molar-refractivity contribution in [1.82, 2.24) is 0 Å².